The maximum absolute atomic E-state index is 11.6. The molecular formula is C9H16N4O. The monoisotopic (exact) mass is 196 g/mol. The molecule has 4 N–H and O–H groups in total. The molecule has 0 radical (unpaired) electrons. The third kappa shape index (κ3) is 2.56. The molecule has 5 heteroatoms. The predicted molar refractivity (Wildman–Crippen MR) is 54.6 cm³/mol. The van der Waals surface area contributed by atoms with E-state index in [0.717, 1.165) is 0 Å². The van der Waals surface area contributed by atoms with Crippen molar-refractivity contribution in [3.8, 4) is 0 Å². The van der Waals surface area contributed by atoms with Crippen LogP contribution in [0.15, 0.2) is 12.4 Å². The molecule has 1 amide bonds. The first-order valence-electron chi connectivity index (χ1n) is 4.47. The van der Waals surface area contributed by atoms with Crippen molar-refractivity contribution in [3.05, 3.63) is 12.4 Å². The van der Waals surface area contributed by atoms with Crippen molar-refractivity contribution in [3.63, 3.8) is 0 Å². The van der Waals surface area contributed by atoms with Crippen molar-refractivity contribution in [2.45, 2.75) is 26.8 Å². The van der Waals surface area contributed by atoms with Gasteiger partial charge in [-0.15, -0.1) is 0 Å². The van der Waals surface area contributed by atoms with E-state index in [-0.39, 0.29) is 11.3 Å². The third-order valence-corrected chi connectivity index (χ3v) is 1.96. The number of carbonyl (C=O) groups is 1. The lowest BCUT2D eigenvalue weighted by Gasteiger charge is -2.25. The Morgan fingerprint density at radius 3 is 2.71 bits per heavy atom. The van der Waals surface area contributed by atoms with E-state index in [1.54, 1.807) is 12.4 Å². The van der Waals surface area contributed by atoms with Gasteiger partial charge in [0.05, 0.1) is 6.04 Å². The molecule has 0 aliphatic carbocycles. The Hall–Kier alpha value is -1.36. The molecule has 1 aromatic heterocycles. The lowest BCUT2D eigenvalue weighted by atomic mass is 9.87. The van der Waals surface area contributed by atoms with Crippen LogP contribution in [-0.2, 0) is 4.79 Å². The summed E-state index contributed by atoms with van der Waals surface area (Å²) in [4.78, 5) is 18.2. The van der Waals surface area contributed by atoms with Crippen molar-refractivity contribution in [2.24, 2.45) is 11.1 Å². The topological polar surface area (TPSA) is 83.8 Å². The second-order valence-electron chi connectivity index (χ2n) is 4.27. The van der Waals surface area contributed by atoms with Crippen LogP contribution in [0.1, 0.15) is 20.8 Å². The highest BCUT2D eigenvalue weighted by Gasteiger charge is 2.27. The summed E-state index contributed by atoms with van der Waals surface area (Å²) >= 11 is 0. The average Bonchev–Trinajstić information content (AvgIpc) is 2.53. The maximum Gasteiger partial charge on any atom is 0.244 e. The molecule has 0 aromatic carbocycles. The number of amides is 1. The highest BCUT2D eigenvalue weighted by atomic mass is 16.2. The number of rotatable bonds is 2. The number of aromatic amines is 1. The second kappa shape index (κ2) is 3.79. The third-order valence-electron chi connectivity index (χ3n) is 1.96. The Bertz CT molecular complexity index is 299. The summed E-state index contributed by atoms with van der Waals surface area (Å²) in [7, 11) is 0. The van der Waals surface area contributed by atoms with Crippen LogP contribution in [0.4, 0.5) is 5.95 Å². The van der Waals surface area contributed by atoms with E-state index in [0.29, 0.717) is 5.95 Å². The quantitative estimate of drug-likeness (QED) is 0.651. The number of hydrogen-bond acceptors (Lipinski definition) is 3. The van der Waals surface area contributed by atoms with Gasteiger partial charge in [0.1, 0.15) is 0 Å². The van der Waals surface area contributed by atoms with Gasteiger partial charge in [-0.05, 0) is 5.41 Å². The summed E-state index contributed by atoms with van der Waals surface area (Å²) in [5.74, 6) is 0.196. The molecule has 14 heavy (non-hydrogen) atoms. The van der Waals surface area contributed by atoms with Crippen LogP contribution < -0.4 is 11.1 Å². The molecule has 0 spiro atoms. The molecule has 1 atom stereocenters. The van der Waals surface area contributed by atoms with Gasteiger partial charge in [-0.2, -0.15) is 0 Å². The first-order chi connectivity index (χ1) is 6.41. The molecule has 0 aliphatic rings. The van der Waals surface area contributed by atoms with E-state index < -0.39 is 6.04 Å². The molecule has 0 unspecified atom stereocenters. The normalized spacial score (nSPS) is 13.7. The number of aromatic nitrogens is 2. The molecule has 0 fully saturated rings. The Labute approximate surface area is 83.1 Å². The van der Waals surface area contributed by atoms with Crippen LogP contribution in [-0.4, -0.2) is 21.9 Å². The Balaban J connectivity index is 2.59. The summed E-state index contributed by atoms with van der Waals surface area (Å²) < 4.78 is 0. The van der Waals surface area contributed by atoms with Gasteiger partial charge in [0.15, 0.2) is 0 Å². The van der Waals surface area contributed by atoms with Crippen molar-refractivity contribution >= 4 is 11.9 Å². The summed E-state index contributed by atoms with van der Waals surface area (Å²) in [6, 6.07) is -0.549. The number of nitrogens with zero attached hydrogens (tertiary/aromatic N) is 1. The van der Waals surface area contributed by atoms with E-state index in [1.165, 1.54) is 0 Å². The van der Waals surface area contributed by atoms with Crippen molar-refractivity contribution in [1.82, 2.24) is 9.97 Å². The van der Waals surface area contributed by atoms with Crippen LogP contribution in [0.3, 0.4) is 0 Å². The number of anilines is 1. The van der Waals surface area contributed by atoms with E-state index in [1.807, 2.05) is 20.8 Å². The van der Waals surface area contributed by atoms with E-state index in [2.05, 4.69) is 15.3 Å². The lowest BCUT2D eigenvalue weighted by Crippen LogP contribution is -2.45. The molecule has 78 valence electrons. The minimum atomic E-state index is -0.549. The van der Waals surface area contributed by atoms with Crippen LogP contribution in [0.25, 0.3) is 0 Å². The zero-order valence-electron chi connectivity index (χ0n) is 8.66. The van der Waals surface area contributed by atoms with Gasteiger partial charge in [0.25, 0.3) is 0 Å². The molecule has 0 saturated heterocycles. The molecule has 1 rings (SSSR count). The smallest absolute Gasteiger partial charge is 0.244 e. The predicted octanol–water partition coefficient (Wildman–Crippen LogP) is 0.722. The van der Waals surface area contributed by atoms with Crippen LogP contribution >= 0.6 is 0 Å². The zero-order valence-corrected chi connectivity index (χ0v) is 8.66. The number of nitrogens with one attached hydrogen (secondary N) is 2. The molecule has 1 heterocycles. The molecule has 5 nitrogen and oxygen atoms in total. The maximum atomic E-state index is 11.6. The highest BCUT2D eigenvalue weighted by Crippen LogP contribution is 2.17. The minimum Gasteiger partial charge on any atom is -0.331 e. The van der Waals surface area contributed by atoms with Gasteiger partial charge >= 0.3 is 0 Å². The Morgan fingerprint density at radius 1 is 1.64 bits per heavy atom. The standard InChI is InChI=1S/C9H16N4O/c1-9(2,3)6(10)7(14)13-8-11-4-5-12-8/h4-6H,10H2,1-3H3,(H2,11,12,13,14)/t6-/m0/s1. The molecule has 0 saturated carbocycles. The van der Waals surface area contributed by atoms with Crippen LogP contribution in [0.5, 0.6) is 0 Å². The van der Waals surface area contributed by atoms with Gasteiger partial charge in [0, 0.05) is 12.4 Å². The van der Waals surface area contributed by atoms with Crippen molar-refractivity contribution in [2.75, 3.05) is 5.32 Å². The first-order valence-corrected chi connectivity index (χ1v) is 4.47. The molecule has 1 aromatic rings. The number of carbonyl (C=O) groups excluding carboxylic acids is 1. The van der Waals surface area contributed by atoms with Crippen molar-refractivity contribution in [1.29, 1.82) is 0 Å². The fourth-order valence-corrected chi connectivity index (χ4v) is 0.921. The average molecular weight is 196 g/mol. The summed E-state index contributed by atoms with van der Waals surface area (Å²) in [6.07, 6.45) is 3.20. The Kier molecular flexibility index (Phi) is 2.90. The van der Waals surface area contributed by atoms with Gasteiger partial charge in [-0.25, -0.2) is 4.98 Å². The SMILES string of the molecule is CC(C)(C)[C@@H](N)C(=O)Nc1ncc[nH]1. The summed E-state index contributed by atoms with van der Waals surface area (Å²) in [5, 5.41) is 2.60. The Morgan fingerprint density at radius 2 is 2.29 bits per heavy atom. The lowest BCUT2D eigenvalue weighted by molar-refractivity contribution is -0.119. The molecule has 0 aliphatic heterocycles. The van der Waals surface area contributed by atoms with Gasteiger partial charge in [0.2, 0.25) is 11.9 Å². The molecule has 0 bridgehead atoms. The minimum absolute atomic E-state index is 0.229. The van der Waals surface area contributed by atoms with E-state index in [4.69, 9.17) is 5.73 Å². The largest absolute Gasteiger partial charge is 0.331 e. The summed E-state index contributed by atoms with van der Waals surface area (Å²) in [6.45, 7) is 5.75. The second-order valence-corrected chi connectivity index (χ2v) is 4.27. The fraction of sp³-hybridized carbons (Fsp3) is 0.556. The summed E-state index contributed by atoms with van der Waals surface area (Å²) in [5.41, 5.74) is 5.50. The van der Waals surface area contributed by atoms with Crippen LogP contribution in [0.2, 0.25) is 0 Å². The van der Waals surface area contributed by atoms with Gasteiger partial charge < -0.3 is 10.7 Å². The van der Waals surface area contributed by atoms with Gasteiger partial charge in [-0.3, -0.25) is 10.1 Å². The van der Waals surface area contributed by atoms with Gasteiger partial charge in [-0.1, -0.05) is 20.8 Å². The fourth-order valence-electron chi connectivity index (χ4n) is 0.921. The van der Waals surface area contributed by atoms with Crippen LogP contribution in [0, 0.1) is 5.41 Å². The first kappa shape index (κ1) is 10.7. The number of nitrogens with two attached hydrogens (primary N) is 1. The van der Waals surface area contributed by atoms with E-state index in [9.17, 15) is 4.79 Å². The number of H-pyrrole nitrogens is 1. The highest BCUT2D eigenvalue weighted by molar-refractivity contribution is 5.93. The zero-order chi connectivity index (χ0) is 10.8. The number of hydrogen-bond donors (Lipinski definition) is 3. The van der Waals surface area contributed by atoms with E-state index >= 15 is 0 Å². The number of imidazole rings is 1. The van der Waals surface area contributed by atoms with Crippen molar-refractivity contribution < 1.29 is 4.79 Å². The molecular weight excluding hydrogens is 180 g/mol.